The van der Waals surface area contributed by atoms with Gasteiger partial charge in [-0.25, -0.2) is 8.42 Å². The molecule has 104 valence electrons. The van der Waals surface area contributed by atoms with Gasteiger partial charge in [0.15, 0.2) is 0 Å². The smallest absolute Gasteiger partial charge is 0.150 e. The van der Waals surface area contributed by atoms with Crippen LogP contribution in [0.3, 0.4) is 0 Å². The lowest BCUT2D eigenvalue weighted by Crippen LogP contribution is -2.27. The van der Waals surface area contributed by atoms with Crippen molar-refractivity contribution in [3.8, 4) is 0 Å². The van der Waals surface area contributed by atoms with Crippen molar-refractivity contribution in [2.75, 3.05) is 11.5 Å². The molecule has 4 nitrogen and oxygen atoms in total. The molecule has 8 heteroatoms. The Morgan fingerprint density at radius 2 is 2.17 bits per heavy atom. The van der Waals surface area contributed by atoms with Gasteiger partial charge in [-0.15, -0.1) is 11.3 Å². The van der Waals surface area contributed by atoms with Crippen molar-refractivity contribution in [1.82, 2.24) is 5.43 Å². The molecule has 3 N–H and O–H groups in total. The van der Waals surface area contributed by atoms with Crippen LogP contribution in [-0.4, -0.2) is 19.9 Å². The lowest BCUT2D eigenvalue weighted by Gasteiger charge is -2.13. The molecule has 1 unspecified atom stereocenters. The Morgan fingerprint density at radius 1 is 1.50 bits per heavy atom. The van der Waals surface area contributed by atoms with Crippen LogP contribution in [0.4, 0.5) is 0 Å². The van der Waals surface area contributed by atoms with Gasteiger partial charge in [-0.3, -0.25) is 11.3 Å². The van der Waals surface area contributed by atoms with Crippen LogP contribution in [-0.2, 0) is 9.84 Å². The lowest BCUT2D eigenvalue weighted by atomic mass is 10.1. The molecular formula is C10H16Br2N2O2S2. The molecule has 0 aliphatic rings. The Hall–Kier alpha value is 0.530. The molecule has 0 amide bonds. The van der Waals surface area contributed by atoms with E-state index < -0.39 is 9.84 Å². The average molecular weight is 420 g/mol. The van der Waals surface area contributed by atoms with Crippen LogP contribution in [0.1, 0.15) is 30.7 Å². The third-order valence-electron chi connectivity index (χ3n) is 2.60. The standard InChI is InChI=1S/C10H16Br2N2O2S2/c1-2-18(15,16)5-3-4-8(14-13)9-6-7(11)10(12)17-9/h6,8,14H,2-5,13H2,1H3. The highest BCUT2D eigenvalue weighted by Crippen LogP contribution is 2.36. The Labute approximate surface area is 128 Å². The minimum absolute atomic E-state index is 0.00958. The molecular weight excluding hydrogens is 404 g/mol. The van der Waals surface area contributed by atoms with E-state index in [-0.39, 0.29) is 17.5 Å². The van der Waals surface area contributed by atoms with Gasteiger partial charge in [0.25, 0.3) is 0 Å². The summed E-state index contributed by atoms with van der Waals surface area (Å²) in [6.07, 6.45) is 1.31. The molecule has 18 heavy (non-hydrogen) atoms. The molecule has 0 fully saturated rings. The number of thiophene rings is 1. The van der Waals surface area contributed by atoms with Crippen molar-refractivity contribution in [2.45, 2.75) is 25.8 Å². The molecule has 1 aromatic rings. The number of nitrogens with one attached hydrogen (secondary N) is 1. The summed E-state index contributed by atoms with van der Waals surface area (Å²) < 4.78 is 24.8. The van der Waals surface area contributed by atoms with E-state index in [9.17, 15) is 8.42 Å². The summed E-state index contributed by atoms with van der Waals surface area (Å²) in [7, 11) is -2.89. The van der Waals surface area contributed by atoms with Gasteiger partial charge in [0.05, 0.1) is 15.6 Å². The molecule has 1 aromatic heterocycles. The summed E-state index contributed by atoms with van der Waals surface area (Å²) in [6.45, 7) is 1.67. The van der Waals surface area contributed by atoms with E-state index in [1.807, 2.05) is 6.07 Å². The number of hydrogen-bond donors (Lipinski definition) is 2. The number of halogens is 2. The molecule has 0 aliphatic carbocycles. The second-order valence-electron chi connectivity index (χ2n) is 3.87. The molecule has 0 spiro atoms. The highest BCUT2D eigenvalue weighted by atomic mass is 79.9. The number of nitrogens with two attached hydrogens (primary N) is 1. The maximum Gasteiger partial charge on any atom is 0.150 e. The quantitative estimate of drug-likeness (QED) is 0.526. The molecule has 0 aliphatic heterocycles. The van der Waals surface area contributed by atoms with E-state index in [2.05, 4.69) is 37.3 Å². The van der Waals surface area contributed by atoms with E-state index in [0.29, 0.717) is 12.8 Å². The first kappa shape index (κ1) is 16.6. The first-order chi connectivity index (χ1) is 8.39. The van der Waals surface area contributed by atoms with Gasteiger partial charge < -0.3 is 0 Å². The van der Waals surface area contributed by atoms with Crippen LogP contribution in [0.5, 0.6) is 0 Å². The fourth-order valence-electron chi connectivity index (χ4n) is 1.49. The minimum Gasteiger partial charge on any atom is -0.271 e. The first-order valence-corrected chi connectivity index (χ1v) is 9.73. The zero-order valence-corrected chi connectivity index (χ0v) is 14.8. The molecule has 1 atom stereocenters. The van der Waals surface area contributed by atoms with Crippen LogP contribution in [0, 0.1) is 0 Å². The number of hydrogen-bond acceptors (Lipinski definition) is 5. The highest BCUT2D eigenvalue weighted by Gasteiger charge is 2.16. The van der Waals surface area contributed by atoms with Crippen LogP contribution in [0.2, 0.25) is 0 Å². The van der Waals surface area contributed by atoms with E-state index in [1.165, 1.54) is 0 Å². The summed E-state index contributed by atoms with van der Waals surface area (Å²) in [5.41, 5.74) is 2.74. The largest absolute Gasteiger partial charge is 0.271 e. The van der Waals surface area contributed by atoms with Crippen LogP contribution in [0.15, 0.2) is 14.3 Å². The molecule has 0 aromatic carbocycles. The van der Waals surface area contributed by atoms with Crippen molar-refractivity contribution in [3.05, 3.63) is 19.2 Å². The first-order valence-electron chi connectivity index (χ1n) is 5.51. The van der Waals surface area contributed by atoms with Gasteiger partial charge in [0.2, 0.25) is 0 Å². The van der Waals surface area contributed by atoms with Crippen molar-refractivity contribution in [2.24, 2.45) is 5.84 Å². The summed E-state index contributed by atoms with van der Waals surface area (Å²) in [4.78, 5) is 1.09. The van der Waals surface area contributed by atoms with Crippen molar-refractivity contribution in [1.29, 1.82) is 0 Å². The van der Waals surface area contributed by atoms with Gasteiger partial charge >= 0.3 is 0 Å². The predicted molar refractivity (Wildman–Crippen MR) is 83.3 cm³/mol. The fourth-order valence-corrected chi connectivity index (χ4v) is 4.57. The maximum atomic E-state index is 11.4. The SMILES string of the molecule is CCS(=O)(=O)CCCC(NN)c1cc(Br)c(Br)s1. The van der Waals surface area contributed by atoms with Crippen molar-refractivity contribution >= 4 is 53.0 Å². The lowest BCUT2D eigenvalue weighted by molar-refractivity contribution is 0.514. The molecule has 0 bridgehead atoms. The van der Waals surface area contributed by atoms with Gasteiger partial charge in [0, 0.05) is 15.1 Å². The molecule has 0 saturated carbocycles. The summed E-state index contributed by atoms with van der Waals surface area (Å²) in [5.74, 6) is 5.94. The minimum atomic E-state index is -2.89. The van der Waals surface area contributed by atoms with Gasteiger partial charge in [-0.1, -0.05) is 6.92 Å². The Morgan fingerprint density at radius 3 is 2.61 bits per heavy atom. The molecule has 1 rings (SSSR count). The van der Waals surface area contributed by atoms with Crippen LogP contribution in [0.25, 0.3) is 0 Å². The maximum absolute atomic E-state index is 11.4. The second-order valence-corrected chi connectivity index (χ2v) is 9.60. The van der Waals surface area contributed by atoms with E-state index in [0.717, 1.165) is 13.1 Å². The van der Waals surface area contributed by atoms with Crippen LogP contribution >= 0.6 is 43.2 Å². The second kappa shape index (κ2) is 7.35. The van der Waals surface area contributed by atoms with Gasteiger partial charge in [-0.2, -0.15) is 0 Å². The Bertz CT molecular complexity index is 469. The fraction of sp³-hybridized carbons (Fsp3) is 0.600. The van der Waals surface area contributed by atoms with Gasteiger partial charge in [0.1, 0.15) is 9.84 Å². The van der Waals surface area contributed by atoms with E-state index >= 15 is 0 Å². The molecule has 0 saturated heterocycles. The van der Waals surface area contributed by atoms with E-state index in [1.54, 1.807) is 18.3 Å². The Balaban J connectivity index is 2.58. The monoisotopic (exact) mass is 418 g/mol. The zero-order valence-electron chi connectivity index (χ0n) is 9.95. The van der Waals surface area contributed by atoms with Gasteiger partial charge in [-0.05, 0) is 50.8 Å². The average Bonchev–Trinajstić information content (AvgIpc) is 2.65. The zero-order chi connectivity index (χ0) is 13.8. The topological polar surface area (TPSA) is 72.2 Å². The number of sulfone groups is 1. The summed E-state index contributed by atoms with van der Waals surface area (Å²) >= 11 is 8.44. The summed E-state index contributed by atoms with van der Waals surface area (Å²) in [5, 5.41) is 0. The normalized spacial score (nSPS) is 13.8. The third kappa shape index (κ3) is 4.90. The summed E-state index contributed by atoms with van der Waals surface area (Å²) in [6, 6.07) is 1.98. The number of rotatable bonds is 7. The van der Waals surface area contributed by atoms with Crippen LogP contribution < -0.4 is 11.3 Å². The third-order valence-corrected chi connectivity index (χ3v) is 7.76. The molecule has 1 heterocycles. The predicted octanol–water partition coefficient (Wildman–Crippen LogP) is 2.99. The van der Waals surface area contributed by atoms with Crippen molar-refractivity contribution in [3.63, 3.8) is 0 Å². The van der Waals surface area contributed by atoms with E-state index in [4.69, 9.17) is 5.84 Å². The molecule has 0 radical (unpaired) electrons. The highest BCUT2D eigenvalue weighted by molar-refractivity contribution is 9.13. The Kier molecular flexibility index (Phi) is 6.77. The number of hydrazine groups is 1. The van der Waals surface area contributed by atoms with Crippen molar-refractivity contribution < 1.29 is 8.42 Å².